The highest BCUT2D eigenvalue weighted by molar-refractivity contribution is 7.89. The van der Waals surface area contributed by atoms with E-state index < -0.39 is 21.7 Å². The van der Waals surface area contributed by atoms with Crippen LogP contribution in [-0.4, -0.2) is 43.4 Å². The summed E-state index contributed by atoms with van der Waals surface area (Å²) in [6.45, 7) is 4.27. The molecule has 162 valence electrons. The minimum absolute atomic E-state index is 0.0397. The fraction of sp³-hybridized carbons (Fsp3) is 0.400. The van der Waals surface area contributed by atoms with Crippen molar-refractivity contribution in [2.24, 2.45) is 5.92 Å². The molecule has 0 unspecified atom stereocenters. The summed E-state index contributed by atoms with van der Waals surface area (Å²) >= 11 is 0. The van der Waals surface area contributed by atoms with E-state index in [-0.39, 0.29) is 46.8 Å². The van der Waals surface area contributed by atoms with E-state index in [4.69, 9.17) is 4.52 Å². The Morgan fingerprint density at radius 1 is 1.30 bits per heavy atom. The third kappa shape index (κ3) is 4.59. The number of carbonyl (C=O) groups is 1. The molecule has 0 aliphatic carbocycles. The molecule has 1 aliphatic rings. The van der Waals surface area contributed by atoms with E-state index in [0.29, 0.717) is 19.4 Å². The Kier molecular flexibility index (Phi) is 6.67. The molecule has 1 amide bonds. The van der Waals surface area contributed by atoms with Gasteiger partial charge in [-0.2, -0.15) is 4.31 Å². The van der Waals surface area contributed by atoms with Crippen molar-refractivity contribution < 1.29 is 26.5 Å². The van der Waals surface area contributed by atoms with Gasteiger partial charge < -0.3 is 9.84 Å². The zero-order valence-electron chi connectivity index (χ0n) is 16.7. The maximum atomic E-state index is 13.8. The van der Waals surface area contributed by atoms with Crippen LogP contribution in [0.2, 0.25) is 0 Å². The molecule has 1 fully saturated rings. The number of sulfonamides is 1. The SMILES string of the molecule is CCNC(=O)C1CCN(S(=O)(=O)c2c(C)noc2C=Cc2ccc(F)cc2F)CC1. The summed E-state index contributed by atoms with van der Waals surface area (Å²) in [7, 11) is -3.92. The van der Waals surface area contributed by atoms with Crippen molar-refractivity contribution in [3.05, 3.63) is 46.9 Å². The molecule has 0 atom stereocenters. The molecule has 1 aliphatic heterocycles. The summed E-state index contributed by atoms with van der Waals surface area (Å²) in [5.74, 6) is -1.82. The first-order chi connectivity index (χ1) is 14.2. The molecule has 0 radical (unpaired) electrons. The Morgan fingerprint density at radius 2 is 2.00 bits per heavy atom. The van der Waals surface area contributed by atoms with Crippen LogP contribution in [0.5, 0.6) is 0 Å². The highest BCUT2D eigenvalue weighted by Crippen LogP contribution is 2.29. The van der Waals surface area contributed by atoms with Gasteiger partial charge in [-0.15, -0.1) is 0 Å². The minimum Gasteiger partial charge on any atom is -0.356 e. The molecule has 1 N–H and O–H groups in total. The number of piperidine rings is 1. The summed E-state index contributed by atoms with van der Waals surface area (Å²) in [5.41, 5.74) is 0.261. The molecule has 2 aromatic rings. The van der Waals surface area contributed by atoms with Gasteiger partial charge in [0.15, 0.2) is 10.7 Å². The summed E-state index contributed by atoms with van der Waals surface area (Å²) in [6, 6.07) is 3.08. The van der Waals surface area contributed by atoms with E-state index in [9.17, 15) is 22.0 Å². The Labute approximate surface area is 173 Å². The Balaban J connectivity index is 1.81. The first kappa shape index (κ1) is 22.1. The molecule has 0 bridgehead atoms. The van der Waals surface area contributed by atoms with E-state index in [1.165, 1.54) is 29.4 Å². The average Bonchev–Trinajstić information content (AvgIpc) is 3.09. The van der Waals surface area contributed by atoms with E-state index in [1.54, 1.807) is 0 Å². The van der Waals surface area contributed by atoms with Crippen molar-refractivity contribution in [3.8, 4) is 0 Å². The topological polar surface area (TPSA) is 92.5 Å². The van der Waals surface area contributed by atoms with E-state index in [2.05, 4.69) is 10.5 Å². The molecule has 3 rings (SSSR count). The van der Waals surface area contributed by atoms with Crippen molar-refractivity contribution in [2.45, 2.75) is 31.6 Å². The van der Waals surface area contributed by atoms with Crippen LogP contribution < -0.4 is 5.32 Å². The number of aryl methyl sites for hydroxylation is 1. The van der Waals surface area contributed by atoms with Gasteiger partial charge in [-0.1, -0.05) is 5.16 Å². The van der Waals surface area contributed by atoms with Gasteiger partial charge in [0.1, 0.15) is 17.3 Å². The Hall–Kier alpha value is -2.59. The summed E-state index contributed by atoms with van der Waals surface area (Å²) in [5, 5.41) is 6.50. The molecular formula is C20H23F2N3O4S. The van der Waals surface area contributed by atoms with Crippen LogP contribution in [-0.2, 0) is 14.8 Å². The number of halogens is 2. The molecule has 1 saturated heterocycles. The largest absolute Gasteiger partial charge is 0.356 e. The average molecular weight is 439 g/mol. The normalized spacial score (nSPS) is 16.3. The van der Waals surface area contributed by atoms with Gasteiger partial charge in [-0.05, 0) is 51.0 Å². The first-order valence-electron chi connectivity index (χ1n) is 9.61. The Bertz CT molecular complexity index is 1060. The van der Waals surface area contributed by atoms with Gasteiger partial charge in [-0.25, -0.2) is 17.2 Å². The third-order valence-electron chi connectivity index (χ3n) is 4.98. The summed E-state index contributed by atoms with van der Waals surface area (Å²) < 4.78 is 59.7. The zero-order valence-corrected chi connectivity index (χ0v) is 17.5. The monoisotopic (exact) mass is 439 g/mol. The maximum absolute atomic E-state index is 13.8. The van der Waals surface area contributed by atoms with Crippen LogP contribution in [0.3, 0.4) is 0 Å². The molecule has 0 spiro atoms. The van der Waals surface area contributed by atoms with Gasteiger partial charge in [0.05, 0.1) is 0 Å². The van der Waals surface area contributed by atoms with Crippen molar-refractivity contribution >= 4 is 28.1 Å². The van der Waals surface area contributed by atoms with Crippen LogP contribution in [0.25, 0.3) is 12.2 Å². The number of nitrogens with one attached hydrogen (secondary N) is 1. The van der Waals surface area contributed by atoms with E-state index >= 15 is 0 Å². The Morgan fingerprint density at radius 3 is 2.63 bits per heavy atom. The number of amides is 1. The van der Waals surface area contributed by atoms with Crippen LogP contribution >= 0.6 is 0 Å². The number of hydrogen-bond donors (Lipinski definition) is 1. The molecular weight excluding hydrogens is 416 g/mol. The lowest BCUT2D eigenvalue weighted by molar-refractivity contribution is -0.126. The quantitative estimate of drug-likeness (QED) is 0.747. The molecule has 1 aromatic carbocycles. The fourth-order valence-electron chi connectivity index (χ4n) is 3.41. The smallest absolute Gasteiger partial charge is 0.248 e. The number of benzene rings is 1. The van der Waals surface area contributed by atoms with E-state index in [1.807, 2.05) is 6.92 Å². The number of aromatic nitrogens is 1. The molecule has 2 heterocycles. The summed E-state index contributed by atoms with van der Waals surface area (Å²) in [4.78, 5) is 11.9. The second-order valence-corrected chi connectivity index (χ2v) is 8.91. The highest BCUT2D eigenvalue weighted by atomic mass is 32.2. The summed E-state index contributed by atoms with van der Waals surface area (Å²) in [6.07, 6.45) is 3.43. The molecule has 10 heteroatoms. The minimum atomic E-state index is -3.92. The number of carbonyl (C=O) groups excluding carboxylic acids is 1. The van der Waals surface area contributed by atoms with Crippen LogP contribution in [0.4, 0.5) is 8.78 Å². The molecule has 1 aromatic heterocycles. The standard InChI is InChI=1S/C20H23F2N3O4S/c1-3-23-20(26)15-8-10-25(11-9-15)30(27,28)19-13(2)24-29-18(19)7-5-14-4-6-16(21)12-17(14)22/h4-7,12,15H,3,8-11H2,1-2H3,(H,23,26). The van der Waals surface area contributed by atoms with E-state index in [0.717, 1.165) is 12.1 Å². The maximum Gasteiger partial charge on any atom is 0.248 e. The van der Waals surface area contributed by atoms with Crippen molar-refractivity contribution in [1.82, 2.24) is 14.8 Å². The zero-order chi connectivity index (χ0) is 21.9. The van der Waals surface area contributed by atoms with Crippen molar-refractivity contribution in [1.29, 1.82) is 0 Å². The lowest BCUT2D eigenvalue weighted by atomic mass is 9.97. The second kappa shape index (κ2) is 9.05. The van der Waals surface area contributed by atoms with Gasteiger partial charge in [0, 0.05) is 37.2 Å². The molecule has 7 nitrogen and oxygen atoms in total. The van der Waals surface area contributed by atoms with Gasteiger partial charge >= 0.3 is 0 Å². The number of rotatable bonds is 6. The van der Waals surface area contributed by atoms with Crippen LogP contribution in [0.1, 0.15) is 36.8 Å². The third-order valence-corrected chi connectivity index (χ3v) is 7.04. The van der Waals surface area contributed by atoms with Crippen molar-refractivity contribution in [2.75, 3.05) is 19.6 Å². The van der Waals surface area contributed by atoms with Gasteiger partial charge in [-0.3, -0.25) is 4.79 Å². The van der Waals surface area contributed by atoms with Crippen LogP contribution in [0.15, 0.2) is 27.6 Å². The van der Waals surface area contributed by atoms with Gasteiger partial charge in [0.2, 0.25) is 15.9 Å². The molecule has 0 saturated carbocycles. The first-order valence-corrected chi connectivity index (χ1v) is 11.0. The molecule has 30 heavy (non-hydrogen) atoms. The number of nitrogens with zero attached hydrogens (tertiary/aromatic N) is 2. The predicted octanol–water partition coefficient (Wildman–Crippen LogP) is 2.97. The highest BCUT2D eigenvalue weighted by Gasteiger charge is 2.35. The van der Waals surface area contributed by atoms with Gasteiger partial charge in [0.25, 0.3) is 0 Å². The lowest BCUT2D eigenvalue weighted by Gasteiger charge is -2.30. The van der Waals surface area contributed by atoms with Crippen molar-refractivity contribution in [3.63, 3.8) is 0 Å². The fourth-order valence-corrected chi connectivity index (χ4v) is 5.13. The second-order valence-electron chi connectivity index (χ2n) is 7.03. The number of hydrogen-bond acceptors (Lipinski definition) is 5. The predicted molar refractivity (Wildman–Crippen MR) is 107 cm³/mol. The lowest BCUT2D eigenvalue weighted by Crippen LogP contribution is -2.43. The van der Waals surface area contributed by atoms with Crippen LogP contribution in [0, 0.1) is 24.5 Å².